The maximum Gasteiger partial charge on any atom is 0.337 e. The first kappa shape index (κ1) is 18.2. The molecule has 6 nitrogen and oxygen atoms in total. The van der Waals surface area contributed by atoms with Crippen LogP contribution in [0.15, 0.2) is 41.5 Å². The second kappa shape index (κ2) is 8.62. The van der Waals surface area contributed by atoms with Crippen molar-refractivity contribution in [3.8, 4) is 23.8 Å². The topological polar surface area (TPSA) is 80.2 Å². The van der Waals surface area contributed by atoms with Crippen molar-refractivity contribution < 1.29 is 19.4 Å². The predicted octanol–water partition coefficient (Wildman–Crippen LogP) is 3.50. The van der Waals surface area contributed by atoms with Gasteiger partial charge in [-0.3, -0.25) is 5.43 Å². The van der Waals surface area contributed by atoms with Gasteiger partial charge >= 0.3 is 5.97 Å². The number of nitrogens with zero attached hydrogens (tertiary/aromatic N) is 1. The number of hydrogen-bond acceptors (Lipinski definition) is 5. The number of nitrogens with one attached hydrogen (secondary N) is 1. The molecule has 7 heteroatoms. The van der Waals surface area contributed by atoms with Crippen LogP contribution in [0.5, 0.6) is 11.5 Å². The molecule has 2 N–H and O–H groups in total. The average Bonchev–Trinajstić information content (AvgIpc) is 2.61. The molecule has 2 aromatic carbocycles. The molecule has 0 radical (unpaired) electrons. The van der Waals surface area contributed by atoms with Crippen LogP contribution in [0, 0.1) is 12.3 Å². The first-order valence-corrected chi connectivity index (χ1v) is 7.49. The molecule has 2 aromatic rings. The number of aromatic carboxylic acids is 1. The van der Waals surface area contributed by atoms with E-state index < -0.39 is 5.97 Å². The number of hydrogen-bond donors (Lipinski definition) is 2. The number of carboxylic acids is 1. The lowest BCUT2D eigenvalue weighted by atomic mass is 10.2. The van der Waals surface area contributed by atoms with Crippen molar-refractivity contribution in [2.24, 2.45) is 5.10 Å². The summed E-state index contributed by atoms with van der Waals surface area (Å²) in [5, 5.41) is 13.3. The van der Waals surface area contributed by atoms with Gasteiger partial charge in [0.05, 0.1) is 29.6 Å². The lowest BCUT2D eigenvalue weighted by Crippen LogP contribution is -1.99. The van der Waals surface area contributed by atoms with Crippen molar-refractivity contribution in [3.63, 3.8) is 0 Å². The van der Waals surface area contributed by atoms with Crippen LogP contribution in [0.25, 0.3) is 0 Å². The van der Waals surface area contributed by atoms with Crippen molar-refractivity contribution in [3.05, 3.63) is 52.5 Å². The van der Waals surface area contributed by atoms with Crippen LogP contribution in [0.3, 0.4) is 0 Å². The monoisotopic (exact) mass is 358 g/mol. The van der Waals surface area contributed by atoms with Crippen LogP contribution in [-0.4, -0.2) is 31.0 Å². The van der Waals surface area contributed by atoms with Crippen molar-refractivity contribution in [1.29, 1.82) is 0 Å². The van der Waals surface area contributed by atoms with Crippen LogP contribution in [0.2, 0.25) is 5.02 Å². The molecular weight excluding hydrogens is 344 g/mol. The number of benzene rings is 2. The van der Waals surface area contributed by atoms with E-state index in [-0.39, 0.29) is 17.2 Å². The number of hydrazone groups is 1. The molecule has 0 atom stereocenters. The van der Waals surface area contributed by atoms with Crippen molar-refractivity contribution >= 4 is 29.5 Å². The molecule has 0 aliphatic carbocycles. The highest BCUT2D eigenvalue weighted by atomic mass is 35.5. The minimum Gasteiger partial charge on any atom is -0.493 e. The number of anilines is 1. The molecular formula is C18H15ClN2O4. The zero-order chi connectivity index (χ0) is 18.2. The molecule has 0 aliphatic heterocycles. The van der Waals surface area contributed by atoms with E-state index >= 15 is 0 Å². The number of carboxylic acid groups (broad SMARTS) is 1. The van der Waals surface area contributed by atoms with Crippen LogP contribution >= 0.6 is 11.6 Å². The largest absolute Gasteiger partial charge is 0.493 e. The molecule has 0 aliphatic rings. The Bertz CT molecular complexity index is 843. The third-order valence-corrected chi connectivity index (χ3v) is 3.43. The number of rotatable bonds is 7. The summed E-state index contributed by atoms with van der Waals surface area (Å²) < 4.78 is 10.6. The van der Waals surface area contributed by atoms with Gasteiger partial charge in [0, 0.05) is 0 Å². The summed E-state index contributed by atoms with van der Waals surface area (Å²) in [6.45, 7) is 0.147. The van der Waals surface area contributed by atoms with E-state index in [4.69, 9.17) is 32.6 Å². The minimum atomic E-state index is -1.11. The van der Waals surface area contributed by atoms with Crippen LogP contribution < -0.4 is 14.9 Å². The number of terminal acetylenes is 1. The fourth-order valence-electron chi connectivity index (χ4n) is 1.94. The van der Waals surface area contributed by atoms with Gasteiger partial charge in [0.2, 0.25) is 0 Å². The Labute approximate surface area is 150 Å². The summed E-state index contributed by atoms with van der Waals surface area (Å²) in [6.07, 6.45) is 6.73. The number of carbonyl (C=O) groups is 1. The molecule has 0 saturated carbocycles. The van der Waals surface area contributed by atoms with Gasteiger partial charge < -0.3 is 14.6 Å². The standard InChI is InChI=1S/C18H15ClN2O4/c1-3-8-25-16-7-4-12(9-17(16)24-2)11-20-21-13-5-6-15(19)14(10-13)18(22)23/h1,4-7,9-11,21H,8H2,2H3,(H,22,23). The van der Waals surface area contributed by atoms with E-state index in [0.29, 0.717) is 17.2 Å². The Morgan fingerprint density at radius 2 is 2.16 bits per heavy atom. The molecule has 0 bridgehead atoms. The van der Waals surface area contributed by atoms with E-state index in [1.54, 1.807) is 30.5 Å². The molecule has 0 amide bonds. The quantitative estimate of drug-likeness (QED) is 0.450. The number of halogens is 1. The fourth-order valence-corrected chi connectivity index (χ4v) is 2.14. The third-order valence-electron chi connectivity index (χ3n) is 3.10. The highest BCUT2D eigenvalue weighted by Crippen LogP contribution is 2.27. The summed E-state index contributed by atoms with van der Waals surface area (Å²) in [4.78, 5) is 11.1. The summed E-state index contributed by atoms with van der Waals surface area (Å²) in [5.41, 5.74) is 4.00. The zero-order valence-electron chi connectivity index (χ0n) is 13.3. The molecule has 2 rings (SSSR count). The Kier molecular flexibility index (Phi) is 6.26. The minimum absolute atomic E-state index is 0.00134. The maximum atomic E-state index is 11.1. The second-order valence-electron chi connectivity index (χ2n) is 4.77. The zero-order valence-corrected chi connectivity index (χ0v) is 14.1. The lowest BCUT2D eigenvalue weighted by molar-refractivity contribution is 0.0697. The Morgan fingerprint density at radius 3 is 2.84 bits per heavy atom. The van der Waals surface area contributed by atoms with E-state index in [0.717, 1.165) is 5.56 Å². The normalized spacial score (nSPS) is 10.3. The van der Waals surface area contributed by atoms with E-state index in [1.165, 1.54) is 19.2 Å². The molecule has 0 fully saturated rings. The van der Waals surface area contributed by atoms with Gasteiger partial charge in [0.1, 0.15) is 6.61 Å². The van der Waals surface area contributed by atoms with Crippen molar-refractivity contribution in [2.45, 2.75) is 0 Å². The smallest absolute Gasteiger partial charge is 0.337 e. The van der Waals surface area contributed by atoms with Gasteiger partial charge in [-0.15, -0.1) is 6.42 Å². The maximum absolute atomic E-state index is 11.1. The Morgan fingerprint density at radius 1 is 1.36 bits per heavy atom. The summed E-state index contributed by atoms with van der Waals surface area (Å²) >= 11 is 5.82. The fraction of sp³-hybridized carbons (Fsp3) is 0.111. The highest BCUT2D eigenvalue weighted by molar-refractivity contribution is 6.33. The van der Waals surface area contributed by atoms with Crippen LogP contribution in [-0.2, 0) is 0 Å². The Hall–Kier alpha value is -3.17. The Balaban J connectivity index is 2.11. The summed E-state index contributed by atoms with van der Waals surface area (Å²) in [5.74, 6) is 2.34. The molecule has 128 valence electrons. The summed E-state index contributed by atoms with van der Waals surface area (Å²) in [6, 6.07) is 9.76. The number of methoxy groups -OCH3 is 1. The third kappa shape index (κ3) is 4.90. The van der Waals surface area contributed by atoms with Crippen molar-refractivity contribution in [2.75, 3.05) is 19.1 Å². The van der Waals surface area contributed by atoms with Crippen LogP contribution in [0.4, 0.5) is 5.69 Å². The van der Waals surface area contributed by atoms with Crippen LogP contribution in [0.1, 0.15) is 15.9 Å². The van der Waals surface area contributed by atoms with Gasteiger partial charge in [-0.05, 0) is 42.0 Å². The number of ether oxygens (including phenoxy) is 2. The average molecular weight is 359 g/mol. The first-order chi connectivity index (χ1) is 12.0. The SMILES string of the molecule is C#CCOc1ccc(C=NNc2ccc(Cl)c(C(=O)O)c2)cc1OC. The first-order valence-electron chi connectivity index (χ1n) is 7.11. The molecule has 0 aromatic heterocycles. The van der Waals surface area contributed by atoms with E-state index in [2.05, 4.69) is 16.4 Å². The molecule has 0 unspecified atom stereocenters. The van der Waals surface area contributed by atoms with E-state index in [9.17, 15) is 4.79 Å². The molecule has 0 heterocycles. The lowest BCUT2D eigenvalue weighted by Gasteiger charge is -2.09. The predicted molar refractivity (Wildman–Crippen MR) is 97.0 cm³/mol. The summed E-state index contributed by atoms with van der Waals surface area (Å²) in [7, 11) is 1.53. The second-order valence-corrected chi connectivity index (χ2v) is 5.18. The van der Waals surface area contributed by atoms with Gasteiger partial charge in [0.25, 0.3) is 0 Å². The molecule has 0 saturated heterocycles. The van der Waals surface area contributed by atoms with Gasteiger partial charge in [-0.1, -0.05) is 17.5 Å². The highest BCUT2D eigenvalue weighted by Gasteiger charge is 2.09. The molecule has 0 spiro atoms. The van der Waals surface area contributed by atoms with Gasteiger partial charge in [-0.25, -0.2) is 4.79 Å². The van der Waals surface area contributed by atoms with Gasteiger partial charge in [0.15, 0.2) is 11.5 Å². The van der Waals surface area contributed by atoms with Gasteiger partial charge in [-0.2, -0.15) is 5.10 Å². The molecule has 25 heavy (non-hydrogen) atoms. The van der Waals surface area contributed by atoms with E-state index in [1.807, 2.05) is 0 Å². The van der Waals surface area contributed by atoms with Crippen molar-refractivity contribution in [1.82, 2.24) is 0 Å².